The number of hydrogen-bond acceptors (Lipinski definition) is 8. The summed E-state index contributed by atoms with van der Waals surface area (Å²) in [6.07, 6.45) is 4.94. The molecule has 0 bridgehead atoms. The van der Waals surface area contributed by atoms with Gasteiger partial charge in [-0.1, -0.05) is 23.5 Å². The minimum atomic E-state index is -0.491. The van der Waals surface area contributed by atoms with Gasteiger partial charge in [0.25, 0.3) is 0 Å². The molecular formula is C25H32N6O4S. The van der Waals surface area contributed by atoms with E-state index >= 15 is 0 Å². The van der Waals surface area contributed by atoms with Crippen molar-refractivity contribution in [1.82, 2.24) is 25.2 Å². The highest BCUT2D eigenvalue weighted by atomic mass is 32.1. The van der Waals surface area contributed by atoms with Crippen LogP contribution in [0.5, 0.6) is 5.75 Å². The van der Waals surface area contributed by atoms with E-state index in [9.17, 15) is 9.59 Å². The number of piperidine rings is 1. The first kappa shape index (κ1) is 25.6. The third-order valence-electron chi connectivity index (χ3n) is 6.18. The number of hydrogen-bond donors (Lipinski definition) is 2. The Hall–Kier alpha value is -3.44. The lowest BCUT2D eigenvalue weighted by atomic mass is 9.91. The highest BCUT2D eigenvalue weighted by molar-refractivity contribution is 7.19. The van der Waals surface area contributed by atoms with Crippen LogP contribution in [0.15, 0.2) is 36.7 Å². The summed E-state index contributed by atoms with van der Waals surface area (Å²) >= 11 is 1.24. The molecule has 11 heteroatoms. The summed E-state index contributed by atoms with van der Waals surface area (Å²) < 4.78 is 10.5. The number of carbonyl (C=O) groups excluding carboxylic acids is 2. The van der Waals surface area contributed by atoms with Crippen LogP contribution >= 0.6 is 11.3 Å². The minimum absolute atomic E-state index is 0.233. The maximum absolute atomic E-state index is 13.1. The molecule has 10 nitrogen and oxygen atoms in total. The van der Waals surface area contributed by atoms with E-state index < -0.39 is 11.5 Å². The smallest absolute Gasteiger partial charge is 0.341 e. The second-order valence-electron chi connectivity index (χ2n) is 9.08. The van der Waals surface area contributed by atoms with Gasteiger partial charge >= 0.3 is 12.0 Å². The van der Waals surface area contributed by atoms with Crippen LogP contribution < -0.4 is 15.4 Å². The number of aromatic nitrogens is 3. The molecule has 0 radical (unpaired) electrons. The molecule has 2 N–H and O–H groups in total. The van der Waals surface area contributed by atoms with Crippen molar-refractivity contribution < 1.29 is 19.1 Å². The van der Waals surface area contributed by atoms with Crippen molar-refractivity contribution in [2.75, 3.05) is 32.1 Å². The molecule has 3 aromatic rings. The standard InChI is InChI=1S/C25H32N6O4S/c1-5-35-23(32)20-17(2)22(31-26-12-13-27-31)36-21(20)28-24(33)29-25(3)11-6-14-30(16-25)15-18-7-9-19(34-4)10-8-18/h7-10,12-13H,5-6,11,14-16H2,1-4H3,(H2,28,29,33). The van der Waals surface area contributed by atoms with Crippen LogP contribution in [0.4, 0.5) is 9.80 Å². The maximum Gasteiger partial charge on any atom is 0.341 e. The highest BCUT2D eigenvalue weighted by Crippen LogP contribution is 2.36. The summed E-state index contributed by atoms with van der Waals surface area (Å²) in [7, 11) is 1.66. The molecule has 4 rings (SSSR count). The Morgan fingerprint density at radius 3 is 2.58 bits per heavy atom. The van der Waals surface area contributed by atoms with Gasteiger partial charge < -0.3 is 14.8 Å². The summed E-state index contributed by atoms with van der Waals surface area (Å²) in [4.78, 5) is 29.6. The molecule has 0 saturated carbocycles. The fourth-order valence-electron chi connectivity index (χ4n) is 4.53. The minimum Gasteiger partial charge on any atom is -0.497 e. The number of likely N-dealkylation sites (tertiary alicyclic amines) is 1. The summed E-state index contributed by atoms with van der Waals surface area (Å²) in [6, 6.07) is 7.68. The number of nitrogens with one attached hydrogen (secondary N) is 2. The fraction of sp³-hybridized carbons (Fsp3) is 0.440. The van der Waals surface area contributed by atoms with Gasteiger partial charge in [-0.3, -0.25) is 10.2 Å². The second-order valence-corrected chi connectivity index (χ2v) is 10.1. The van der Waals surface area contributed by atoms with Gasteiger partial charge in [-0.2, -0.15) is 10.2 Å². The summed E-state index contributed by atoms with van der Waals surface area (Å²) in [6.45, 7) is 8.29. The summed E-state index contributed by atoms with van der Waals surface area (Å²) in [5.41, 5.74) is 1.74. The van der Waals surface area contributed by atoms with Crippen molar-refractivity contribution >= 4 is 28.3 Å². The number of esters is 1. The zero-order valence-electron chi connectivity index (χ0n) is 21.0. The van der Waals surface area contributed by atoms with Gasteiger partial charge in [0.05, 0.1) is 37.2 Å². The number of carbonyl (C=O) groups is 2. The largest absolute Gasteiger partial charge is 0.497 e. The first-order valence-electron chi connectivity index (χ1n) is 11.9. The van der Waals surface area contributed by atoms with Gasteiger partial charge in [-0.05, 0) is 57.9 Å². The van der Waals surface area contributed by atoms with Crippen molar-refractivity contribution in [3.63, 3.8) is 0 Å². The van der Waals surface area contributed by atoms with Crippen molar-refractivity contribution in [3.8, 4) is 10.8 Å². The van der Waals surface area contributed by atoms with Crippen molar-refractivity contribution in [1.29, 1.82) is 0 Å². The van der Waals surface area contributed by atoms with E-state index in [0.717, 1.165) is 31.7 Å². The van der Waals surface area contributed by atoms with Gasteiger partial charge in [0.15, 0.2) is 0 Å². The molecule has 1 aliphatic rings. The molecule has 1 atom stereocenters. The number of anilines is 1. The first-order valence-corrected chi connectivity index (χ1v) is 12.7. The lowest BCUT2D eigenvalue weighted by Crippen LogP contribution is -2.57. The molecule has 1 aliphatic heterocycles. The van der Waals surface area contributed by atoms with Crippen molar-refractivity contribution in [2.45, 2.75) is 45.7 Å². The van der Waals surface area contributed by atoms with E-state index in [1.165, 1.54) is 21.7 Å². The Bertz CT molecular complexity index is 1190. The number of benzene rings is 1. The van der Waals surface area contributed by atoms with Crippen LogP contribution in [0.25, 0.3) is 5.00 Å². The van der Waals surface area contributed by atoms with Crippen molar-refractivity contribution in [2.24, 2.45) is 0 Å². The predicted molar refractivity (Wildman–Crippen MR) is 138 cm³/mol. The normalized spacial score (nSPS) is 18.0. The molecule has 0 aliphatic carbocycles. The first-order chi connectivity index (χ1) is 17.3. The van der Waals surface area contributed by atoms with Gasteiger partial charge in [0.2, 0.25) is 0 Å². The number of amides is 2. The average molecular weight is 513 g/mol. The molecule has 1 aromatic carbocycles. The van der Waals surface area contributed by atoms with Crippen LogP contribution in [0.3, 0.4) is 0 Å². The monoisotopic (exact) mass is 512 g/mol. The maximum atomic E-state index is 13.1. The second kappa shape index (κ2) is 11.1. The van der Waals surface area contributed by atoms with E-state index in [-0.39, 0.29) is 12.6 Å². The molecule has 3 heterocycles. The van der Waals surface area contributed by atoms with Crippen LogP contribution in [-0.4, -0.2) is 64.2 Å². The van der Waals surface area contributed by atoms with E-state index in [4.69, 9.17) is 9.47 Å². The SMILES string of the molecule is CCOC(=O)c1c(NC(=O)NC2(C)CCCN(Cc3ccc(OC)cc3)C2)sc(-n2nccn2)c1C. The fourth-order valence-corrected chi connectivity index (χ4v) is 5.64. The van der Waals surface area contributed by atoms with Crippen LogP contribution in [0.1, 0.15) is 48.2 Å². The summed E-state index contributed by atoms with van der Waals surface area (Å²) in [5.74, 6) is 0.340. The Kier molecular flexibility index (Phi) is 7.90. The number of ether oxygens (including phenoxy) is 2. The van der Waals surface area contributed by atoms with Crippen molar-refractivity contribution in [3.05, 3.63) is 53.3 Å². The number of thiophene rings is 1. The van der Waals surface area contributed by atoms with Gasteiger partial charge in [0, 0.05) is 18.7 Å². The molecule has 0 spiro atoms. The lowest BCUT2D eigenvalue weighted by molar-refractivity contribution is 0.0527. The number of methoxy groups -OCH3 is 1. The summed E-state index contributed by atoms with van der Waals surface area (Å²) in [5, 5.41) is 15.4. The molecule has 1 saturated heterocycles. The van der Waals surface area contributed by atoms with Gasteiger partial charge in [-0.15, -0.1) is 4.80 Å². The number of nitrogens with zero attached hydrogens (tertiary/aromatic N) is 4. The Balaban J connectivity index is 1.46. The van der Waals surface area contributed by atoms with Gasteiger partial charge in [0.1, 0.15) is 15.8 Å². The number of rotatable bonds is 8. The molecule has 2 aromatic heterocycles. The Labute approximate surface area is 214 Å². The molecule has 1 fully saturated rings. The zero-order valence-corrected chi connectivity index (χ0v) is 21.9. The molecule has 36 heavy (non-hydrogen) atoms. The molecule has 192 valence electrons. The Morgan fingerprint density at radius 1 is 1.19 bits per heavy atom. The third kappa shape index (κ3) is 5.85. The van der Waals surface area contributed by atoms with E-state index in [1.807, 2.05) is 12.1 Å². The van der Waals surface area contributed by atoms with Crippen LogP contribution in [0.2, 0.25) is 0 Å². The topological polar surface area (TPSA) is 111 Å². The van der Waals surface area contributed by atoms with E-state index in [1.54, 1.807) is 33.4 Å². The molecular weight excluding hydrogens is 480 g/mol. The third-order valence-corrected chi connectivity index (χ3v) is 7.36. The molecule has 1 unspecified atom stereocenters. The average Bonchev–Trinajstić information content (AvgIpc) is 3.47. The highest BCUT2D eigenvalue weighted by Gasteiger charge is 2.33. The predicted octanol–water partition coefficient (Wildman–Crippen LogP) is 4.00. The molecule has 2 amide bonds. The lowest BCUT2D eigenvalue weighted by Gasteiger charge is -2.41. The Morgan fingerprint density at radius 2 is 1.92 bits per heavy atom. The quantitative estimate of drug-likeness (QED) is 0.439. The van der Waals surface area contributed by atoms with Crippen LogP contribution in [0, 0.1) is 6.92 Å². The number of urea groups is 1. The van der Waals surface area contributed by atoms with E-state index in [2.05, 4.69) is 44.8 Å². The van der Waals surface area contributed by atoms with Gasteiger partial charge in [-0.25, -0.2) is 9.59 Å². The van der Waals surface area contributed by atoms with E-state index in [0.29, 0.717) is 27.7 Å². The zero-order chi connectivity index (χ0) is 25.7. The van der Waals surface area contributed by atoms with Crippen LogP contribution in [-0.2, 0) is 11.3 Å².